The molecule has 19 heavy (non-hydrogen) atoms. The first kappa shape index (κ1) is 12.5. The first-order valence-electron chi connectivity index (χ1n) is 5.88. The number of rotatable bonds is 2. The third-order valence-corrected chi connectivity index (χ3v) is 3.47. The van der Waals surface area contributed by atoms with E-state index in [0.717, 1.165) is 0 Å². The molecule has 3 rings (SSSR count). The number of aliphatic hydroxyl groups excluding tert-OH is 3. The van der Waals surface area contributed by atoms with Crippen molar-refractivity contribution in [2.75, 3.05) is 6.61 Å². The van der Waals surface area contributed by atoms with E-state index in [9.17, 15) is 15.0 Å². The lowest BCUT2D eigenvalue weighted by Crippen LogP contribution is -2.56. The zero-order valence-corrected chi connectivity index (χ0v) is 9.83. The van der Waals surface area contributed by atoms with Crippen molar-refractivity contribution in [2.45, 2.75) is 36.7 Å². The van der Waals surface area contributed by atoms with E-state index in [1.807, 2.05) is 0 Å². The molecule has 0 aromatic carbocycles. The van der Waals surface area contributed by atoms with Crippen molar-refractivity contribution in [1.82, 2.24) is 10.2 Å². The van der Waals surface area contributed by atoms with Crippen LogP contribution in [0.25, 0.3) is 0 Å². The van der Waals surface area contributed by atoms with Crippen molar-refractivity contribution in [2.24, 2.45) is 9.98 Å². The van der Waals surface area contributed by atoms with Gasteiger partial charge in [0.25, 0.3) is 5.91 Å². The highest BCUT2D eigenvalue weighted by molar-refractivity contribution is 5.96. The lowest BCUT2D eigenvalue weighted by molar-refractivity contribution is -0.131. The second-order valence-electron chi connectivity index (χ2n) is 4.59. The van der Waals surface area contributed by atoms with Gasteiger partial charge in [-0.05, 0) is 0 Å². The second kappa shape index (κ2) is 4.53. The van der Waals surface area contributed by atoms with Crippen LogP contribution in [0.1, 0.15) is 0 Å². The lowest BCUT2D eigenvalue weighted by atomic mass is 10.1. The third kappa shape index (κ3) is 1.82. The van der Waals surface area contributed by atoms with E-state index < -0.39 is 43.4 Å². The van der Waals surface area contributed by atoms with Crippen molar-refractivity contribution < 1.29 is 24.9 Å². The van der Waals surface area contributed by atoms with Gasteiger partial charge >= 0.3 is 0 Å². The van der Waals surface area contributed by atoms with Gasteiger partial charge in [0, 0.05) is 0 Å². The molecule has 3 aliphatic heterocycles. The molecular formula is C10H14N4O5. The van der Waals surface area contributed by atoms with Crippen LogP contribution in [0.15, 0.2) is 9.98 Å². The van der Waals surface area contributed by atoms with Crippen LogP contribution >= 0.6 is 0 Å². The lowest BCUT2D eigenvalue weighted by Gasteiger charge is -2.32. The van der Waals surface area contributed by atoms with E-state index in [4.69, 9.17) is 9.84 Å². The third-order valence-electron chi connectivity index (χ3n) is 3.47. The number of hydrogen-bond donors (Lipinski definition) is 4. The molecule has 1 saturated heterocycles. The van der Waals surface area contributed by atoms with Crippen LogP contribution in [-0.2, 0) is 9.53 Å². The molecule has 9 nitrogen and oxygen atoms in total. The van der Waals surface area contributed by atoms with E-state index in [0.29, 0.717) is 0 Å². The Kier molecular flexibility index (Phi) is 2.97. The zero-order chi connectivity index (χ0) is 13.6. The number of amides is 1. The summed E-state index contributed by atoms with van der Waals surface area (Å²) in [4.78, 5) is 21.3. The molecule has 0 radical (unpaired) electrons. The van der Waals surface area contributed by atoms with Crippen molar-refractivity contribution in [3.8, 4) is 0 Å². The number of aliphatic imine (C=N–C) groups is 2. The van der Waals surface area contributed by atoms with Gasteiger partial charge in [0.1, 0.15) is 18.3 Å². The number of hydrogen-bond acceptors (Lipinski definition) is 8. The highest BCUT2D eigenvalue weighted by Gasteiger charge is 2.50. The van der Waals surface area contributed by atoms with E-state index >= 15 is 0 Å². The smallest absolute Gasteiger partial charge is 0.252 e. The highest BCUT2D eigenvalue weighted by Crippen LogP contribution is 2.29. The first-order valence-corrected chi connectivity index (χ1v) is 5.88. The maximum Gasteiger partial charge on any atom is 0.252 e. The number of fused-ring (bicyclic) bond motifs is 1. The van der Waals surface area contributed by atoms with Gasteiger partial charge in [0.2, 0.25) is 0 Å². The Morgan fingerprint density at radius 3 is 2.84 bits per heavy atom. The standard InChI is InChI=1S/C10H14N4O5/c15-1-4-6(16)7(17)10(19-4)14-3-13-8-5(14)9(18)12-2-11-8/h2-8,10,15-17H,1H2,(H,11,12,18)/t4-,5?,6-,7-,8?,10-/m1/s1. The maximum absolute atomic E-state index is 11.8. The molecule has 0 spiro atoms. The van der Waals surface area contributed by atoms with E-state index in [1.54, 1.807) is 0 Å². The Bertz CT molecular complexity index is 442. The summed E-state index contributed by atoms with van der Waals surface area (Å²) in [5.74, 6) is -0.310. The van der Waals surface area contributed by atoms with Gasteiger partial charge in [0.05, 0.1) is 19.3 Å². The zero-order valence-electron chi connectivity index (χ0n) is 9.83. The number of carbonyl (C=O) groups is 1. The highest BCUT2D eigenvalue weighted by atomic mass is 16.6. The van der Waals surface area contributed by atoms with Crippen LogP contribution in [0.3, 0.4) is 0 Å². The average molecular weight is 270 g/mol. The second-order valence-corrected chi connectivity index (χ2v) is 4.59. The molecule has 2 unspecified atom stereocenters. The fourth-order valence-electron chi connectivity index (χ4n) is 2.46. The fraction of sp³-hybridized carbons (Fsp3) is 0.700. The van der Waals surface area contributed by atoms with Gasteiger partial charge in [-0.2, -0.15) is 0 Å². The van der Waals surface area contributed by atoms with Crippen LogP contribution in [0.5, 0.6) is 0 Å². The van der Waals surface area contributed by atoms with Crippen molar-refractivity contribution in [3.63, 3.8) is 0 Å². The summed E-state index contributed by atoms with van der Waals surface area (Å²) in [7, 11) is 0. The van der Waals surface area contributed by atoms with Crippen molar-refractivity contribution >= 4 is 18.6 Å². The molecule has 104 valence electrons. The van der Waals surface area contributed by atoms with Gasteiger partial charge < -0.3 is 30.3 Å². The summed E-state index contributed by atoms with van der Waals surface area (Å²) in [6.07, 6.45) is -2.19. The van der Waals surface area contributed by atoms with Crippen LogP contribution in [0.2, 0.25) is 0 Å². The average Bonchev–Trinajstić information content (AvgIpc) is 2.94. The first-order chi connectivity index (χ1) is 9.13. The molecule has 9 heteroatoms. The Hall–Kier alpha value is -1.55. The maximum atomic E-state index is 11.8. The minimum absolute atomic E-state index is 0.310. The molecule has 0 saturated carbocycles. The Morgan fingerprint density at radius 2 is 2.16 bits per heavy atom. The van der Waals surface area contributed by atoms with E-state index in [1.165, 1.54) is 17.6 Å². The Morgan fingerprint density at radius 1 is 1.37 bits per heavy atom. The van der Waals surface area contributed by atoms with Crippen LogP contribution in [0, 0.1) is 0 Å². The molecule has 6 atom stereocenters. The molecule has 0 aromatic rings. The molecule has 3 heterocycles. The minimum Gasteiger partial charge on any atom is -0.394 e. The summed E-state index contributed by atoms with van der Waals surface area (Å²) in [5, 5.41) is 31.2. The molecule has 0 bridgehead atoms. The Balaban J connectivity index is 1.82. The van der Waals surface area contributed by atoms with Gasteiger partial charge in [-0.15, -0.1) is 0 Å². The largest absolute Gasteiger partial charge is 0.394 e. The summed E-state index contributed by atoms with van der Waals surface area (Å²) in [6.45, 7) is -0.418. The van der Waals surface area contributed by atoms with Gasteiger partial charge in [-0.3, -0.25) is 4.79 Å². The number of carbonyl (C=O) groups excluding carboxylic acids is 1. The SMILES string of the molecule is O=C1NC=NC2N=CN([C@@H]3O[C@H](CO)[C@@H](O)[C@H]3O)C12. The van der Waals surface area contributed by atoms with Gasteiger partial charge in [0.15, 0.2) is 18.4 Å². The van der Waals surface area contributed by atoms with Crippen LogP contribution in [0.4, 0.5) is 0 Å². The summed E-state index contributed by atoms with van der Waals surface area (Å²) < 4.78 is 5.37. The topological polar surface area (TPSA) is 127 Å². The minimum atomic E-state index is -1.24. The van der Waals surface area contributed by atoms with E-state index in [-0.39, 0.29) is 5.91 Å². The molecule has 3 aliphatic rings. The molecular weight excluding hydrogens is 256 g/mol. The normalized spacial score (nSPS) is 44.6. The molecule has 4 N–H and O–H groups in total. The van der Waals surface area contributed by atoms with E-state index in [2.05, 4.69) is 15.3 Å². The Labute approximate surface area is 108 Å². The molecule has 0 aliphatic carbocycles. The van der Waals surface area contributed by atoms with Gasteiger partial charge in [-0.1, -0.05) is 0 Å². The summed E-state index contributed by atoms with van der Waals surface area (Å²) >= 11 is 0. The molecule has 1 amide bonds. The number of nitrogens with one attached hydrogen (secondary N) is 1. The molecule has 1 fully saturated rings. The molecule has 0 aromatic heterocycles. The number of ether oxygens (including phenoxy) is 1. The van der Waals surface area contributed by atoms with Crippen LogP contribution in [-0.4, -0.2) is 82.2 Å². The summed E-state index contributed by atoms with van der Waals surface area (Å²) in [6, 6.07) is -0.714. The predicted molar refractivity (Wildman–Crippen MR) is 62.3 cm³/mol. The van der Waals surface area contributed by atoms with Crippen molar-refractivity contribution in [1.29, 1.82) is 0 Å². The number of aliphatic hydroxyl groups is 3. The summed E-state index contributed by atoms with van der Waals surface area (Å²) in [5.41, 5.74) is 0. The predicted octanol–water partition coefficient (Wildman–Crippen LogP) is -3.38. The fourth-order valence-corrected chi connectivity index (χ4v) is 2.46. The number of nitrogens with zero attached hydrogens (tertiary/aromatic N) is 3. The quantitative estimate of drug-likeness (QED) is 0.414. The van der Waals surface area contributed by atoms with Crippen molar-refractivity contribution in [3.05, 3.63) is 0 Å². The monoisotopic (exact) mass is 270 g/mol. The van der Waals surface area contributed by atoms with Crippen LogP contribution < -0.4 is 5.32 Å². The van der Waals surface area contributed by atoms with Gasteiger partial charge in [-0.25, -0.2) is 9.98 Å².